The number of hydrogen-bond donors (Lipinski definition) is 1. The van der Waals surface area contributed by atoms with E-state index in [0.717, 1.165) is 6.92 Å². The lowest BCUT2D eigenvalue weighted by molar-refractivity contribution is 0.0175. The molecular formula is C15H11ClF2N4O. The second kappa shape index (κ2) is 5.92. The lowest BCUT2D eigenvalue weighted by atomic mass is 10.1. The van der Waals surface area contributed by atoms with Gasteiger partial charge in [0, 0.05) is 30.3 Å². The van der Waals surface area contributed by atoms with Crippen molar-refractivity contribution in [3.05, 3.63) is 53.4 Å². The standard InChI is InChI=1S/C15H11ClF2N4O/c1-15(17,18)10-4-2-9(3-5-10)11-8-13(23-22-11)20-12-6-7-19-14(16)21-12/h2-8H,1H3,(H,19,20,21). The molecule has 1 aromatic carbocycles. The molecule has 3 aromatic rings. The van der Waals surface area contributed by atoms with Crippen molar-refractivity contribution in [1.82, 2.24) is 15.1 Å². The first-order valence-corrected chi connectivity index (χ1v) is 7.00. The van der Waals surface area contributed by atoms with Gasteiger partial charge in [-0.05, 0) is 17.7 Å². The van der Waals surface area contributed by atoms with E-state index >= 15 is 0 Å². The van der Waals surface area contributed by atoms with Crippen LogP contribution in [0, 0.1) is 0 Å². The highest BCUT2D eigenvalue weighted by molar-refractivity contribution is 6.28. The molecule has 0 aliphatic rings. The van der Waals surface area contributed by atoms with Crippen molar-refractivity contribution in [3.8, 4) is 11.3 Å². The fourth-order valence-corrected chi connectivity index (χ4v) is 2.08. The maximum absolute atomic E-state index is 13.2. The summed E-state index contributed by atoms with van der Waals surface area (Å²) >= 11 is 5.69. The highest BCUT2D eigenvalue weighted by Gasteiger charge is 2.23. The van der Waals surface area contributed by atoms with Gasteiger partial charge >= 0.3 is 0 Å². The third-order valence-electron chi connectivity index (χ3n) is 3.08. The van der Waals surface area contributed by atoms with Crippen molar-refractivity contribution in [2.24, 2.45) is 0 Å². The largest absolute Gasteiger partial charge is 0.338 e. The smallest absolute Gasteiger partial charge is 0.270 e. The van der Waals surface area contributed by atoms with Crippen LogP contribution in [-0.2, 0) is 5.92 Å². The average Bonchev–Trinajstić information content (AvgIpc) is 2.95. The van der Waals surface area contributed by atoms with Crippen molar-refractivity contribution in [2.75, 3.05) is 5.32 Å². The van der Waals surface area contributed by atoms with Crippen LogP contribution >= 0.6 is 11.6 Å². The summed E-state index contributed by atoms with van der Waals surface area (Å²) in [5, 5.41) is 6.88. The monoisotopic (exact) mass is 336 g/mol. The highest BCUT2D eigenvalue weighted by Crippen LogP contribution is 2.29. The van der Waals surface area contributed by atoms with E-state index in [0.29, 0.717) is 23.0 Å². The van der Waals surface area contributed by atoms with Crippen molar-refractivity contribution < 1.29 is 13.3 Å². The second-order valence-electron chi connectivity index (χ2n) is 4.88. The Bertz CT molecular complexity index is 815. The van der Waals surface area contributed by atoms with Gasteiger partial charge in [-0.1, -0.05) is 29.4 Å². The van der Waals surface area contributed by atoms with Gasteiger partial charge in [-0.2, -0.15) is 0 Å². The van der Waals surface area contributed by atoms with E-state index in [9.17, 15) is 8.78 Å². The summed E-state index contributed by atoms with van der Waals surface area (Å²) in [5.74, 6) is -2.07. The number of anilines is 2. The summed E-state index contributed by atoms with van der Waals surface area (Å²) in [5.41, 5.74) is 1.12. The number of halogens is 3. The Morgan fingerprint density at radius 1 is 1.17 bits per heavy atom. The van der Waals surface area contributed by atoms with Crippen molar-refractivity contribution >= 4 is 23.3 Å². The van der Waals surface area contributed by atoms with E-state index in [1.165, 1.54) is 18.3 Å². The SMILES string of the molecule is CC(F)(F)c1ccc(-c2cc(Nc3ccnc(Cl)n3)on2)cc1. The molecule has 0 atom stereocenters. The zero-order valence-electron chi connectivity index (χ0n) is 11.9. The lowest BCUT2D eigenvalue weighted by Crippen LogP contribution is -2.06. The molecule has 0 spiro atoms. The number of hydrogen-bond acceptors (Lipinski definition) is 5. The topological polar surface area (TPSA) is 63.8 Å². The molecule has 3 rings (SSSR count). The molecule has 1 N–H and O–H groups in total. The van der Waals surface area contributed by atoms with Gasteiger partial charge in [0.1, 0.15) is 11.5 Å². The Hall–Kier alpha value is -2.54. The second-order valence-corrected chi connectivity index (χ2v) is 5.22. The van der Waals surface area contributed by atoms with E-state index in [-0.39, 0.29) is 10.8 Å². The van der Waals surface area contributed by atoms with E-state index in [2.05, 4.69) is 20.4 Å². The summed E-state index contributed by atoms with van der Waals surface area (Å²) in [6, 6.07) is 9.11. The Labute approximate surface area is 135 Å². The van der Waals surface area contributed by atoms with E-state index in [1.54, 1.807) is 24.3 Å². The van der Waals surface area contributed by atoms with E-state index in [4.69, 9.17) is 16.1 Å². The summed E-state index contributed by atoms with van der Waals surface area (Å²) in [6.07, 6.45) is 1.50. The van der Waals surface area contributed by atoms with Crippen LogP contribution in [0.2, 0.25) is 5.28 Å². The molecule has 0 aliphatic heterocycles. The minimum atomic E-state index is -2.87. The molecule has 0 aliphatic carbocycles. The van der Waals surface area contributed by atoms with E-state index < -0.39 is 5.92 Å². The first-order chi connectivity index (χ1) is 10.9. The van der Waals surface area contributed by atoms with Gasteiger partial charge in [0.2, 0.25) is 11.2 Å². The van der Waals surface area contributed by atoms with Crippen molar-refractivity contribution in [2.45, 2.75) is 12.8 Å². The van der Waals surface area contributed by atoms with Gasteiger partial charge in [-0.25, -0.2) is 18.7 Å². The van der Waals surface area contributed by atoms with Gasteiger partial charge in [-0.15, -0.1) is 0 Å². The van der Waals surface area contributed by atoms with Crippen LogP contribution in [0.4, 0.5) is 20.5 Å². The van der Waals surface area contributed by atoms with Crippen LogP contribution in [0.3, 0.4) is 0 Å². The Balaban J connectivity index is 1.79. The minimum absolute atomic E-state index is 0.0567. The molecule has 0 saturated carbocycles. The third kappa shape index (κ3) is 3.62. The molecule has 8 heteroatoms. The molecular weight excluding hydrogens is 326 g/mol. The first-order valence-electron chi connectivity index (χ1n) is 6.63. The van der Waals surface area contributed by atoms with Crippen LogP contribution in [0.1, 0.15) is 12.5 Å². The number of nitrogens with zero attached hydrogens (tertiary/aromatic N) is 3. The van der Waals surface area contributed by atoms with Gasteiger partial charge in [0.15, 0.2) is 0 Å². The van der Waals surface area contributed by atoms with Crippen LogP contribution < -0.4 is 5.32 Å². The molecule has 23 heavy (non-hydrogen) atoms. The maximum Gasteiger partial charge on any atom is 0.270 e. The predicted octanol–water partition coefficient (Wildman–Crippen LogP) is 4.64. The van der Waals surface area contributed by atoms with Gasteiger partial charge in [0.25, 0.3) is 5.92 Å². The summed E-state index contributed by atoms with van der Waals surface area (Å²) in [4.78, 5) is 7.73. The molecule has 5 nitrogen and oxygen atoms in total. The van der Waals surface area contributed by atoms with Crippen molar-refractivity contribution in [3.63, 3.8) is 0 Å². The summed E-state index contributed by atoms with van der Waals surface area (Å²) in [7, 11) is 0. The molecule has 0 unspecified atom stereocenters. The molecule has 118 valence electrons. The lowest BCUT2D eigenvalue weighted by Gasteiger charge is -2.10. The summed E-state index contributed by atoms with van der Waals surface area (Å²) in [6.45, 7) is 0.854. The van der Waals surface area contributed by atoms with Gasteiger partial charge < -0.3 is 9.84 Å². The maximum atomic E-state index is 13.2. The average molecular weight is 337 g/mol. The number of alkyl halides is 2. The Morgan fingerprint density at radius 3 is 2.57 bits per heavy atom. The first kappa shape index (κ1) is 15.4. The molecule has 0 radical (unpaired) electrons. The number of aromatic nitrogens is 3. The van der Waals surface area contributed by atoms with Gasteiger partial charge in [-0.3, -0.25) is 0 Å². The van der Waals surface area contributed by atoms with Crippen molar-refractivity contribution in [1.29, 1.82) is 0 Å². The highest BCUT2D eigenvalue weighted by atomic mass is 35.5. The zero-order chi connectivity index (χ0) is 16.4. The third-order valence-corrected chi connectivity index (χ3v) is 3.26. The van der Waals surface area contributed by atoms with Crippen LogP contribution in [0.15, 0.2) is 47.1 Å². The molecule has 0 bridgehead atoms. The Morgan fingerprint density at radius 2 is 1.91 bits per heavy atom. The fourth-order valence-electron chi connectivity index (χ4n) is 1.93. The zero-order valence-corrected chi connectivity index (χ0v) is 12.7. The number of benzene rings is 1. The molecule has 2 aromatic heterocycles. The molecule has 0 fully saturated rings. The molecule has 0 amide bonds. The minimum Gasteiger partial charge on any atom is -0.338 e. The number of nitrogens with one attached hydrogen (secondary N) is 1. The van der Waals surface area contributed by atoms with Crippen LogP contribution in [0.5, 0.6) is 0 Å². The Kier molecular flexibility index (Phi) is 3.96. The van der Waals surface area contributed by atoms with Crippen LogP contribution in [0.25, 0.3) is 11.3 Å². The number of rotatable bonds is 4. The summed E-state index contributed by atoms with van der Waals surface area (Å²) < 4.78 is 31.5. The van der Waals surface area contributed by atoms with E-state index in [1.807, 2.05) is 0 Å². The quantitative estimate of drug-likeness (QED) is 0.703. The van der Waals surface area contributed by atoms with Crippen LogP contribution in [-0.4, -0.2) is 15.1 Å². The fraction of sp³-hybridized carbons (Fsp3) is 0.133. The normalized spacial score (nSPS) is 11.5. The van der Waals surface area contributed by atoms with Gasteiger partial charge in [0.05, 0.1) is 0 Å². The molecule has 0 saturated heterocycles. The predicted molar refractivity (Wildman–Crippen MR) is 81.8 cm³/mol. The molecule has 2 heterocycles.